The van der Waals surface area contributed by atoms with Gasteiger partial charge in [0.1, 0.15) is 4.88 Å². The number of thioether (sulfide) groups is 1. The van der Waals surface area contributed by atoms with Gasteiger partial charge in [0, 0.05) is 6.54 Å². The third-order valence-corrected chi connectivity index (χ3v) is 4.22. The first-order chi connectivity index (χ1) is 9.49. The van der Waals surface area contributed by atoms with E-state index < -0.39 is 5.97 Å². The van der Waals surface area contributed by atoms with Crippen LogP contribution in [0.5, 0.6) is 0 Å². The molecule has 0 bridgehead atoms. The number of carboxylic acids is 1. The van der Waals surface area contributed by atoms with Gasteiger partial charge >= 0.3 is 5.97 Å². The van der Waals surface area contributed by atoms with E-state index in [4.69, 9.17) is 5.11 Å². The first-order valence-corrected chi connectivity index (χ1v) is 7.82. The van der Waals surface area contributed by atoms with E-state index in [-0.39, 0.29) is 5.75 Å². The molecule has 20 heavy (non-hydrogen) atoms. The lowest BCUT2D eigenvalue weighted by atomic mass is 10.2. The Morgan fingerprint density at radius 1 is 1.40 bits per heavy atom. The van der Waals surface area contributed by atoms with Crippen LogP contribution in [-0.2, 0) is 11.3 Å². The van der Waals surface area contributed by atoms with E-state index in [1.165, 1.54) is 23.3 Å². The van der Waals surface area contributed by atoms with Crippen molar-refractivity contribution in [3.63, 3.8) is 0 Å². The molecule has 2 rings (SSSR count). The maximum absolute atomic E-state index is 10.7. The summed E-state index contributed by atoms with van der Waals surface area (Å²) < 4.78 is 5.86. The van der Waals surface area contributed by atoms with Gasteiger partial charge in [-0.25, -0.2) is 0 Å². The second-order valence-corrected chi connectivity index (χ2v) is 6.38. The molecule has 0 amide bonds. The Morgan fingerprint density at radius 2 is 2.15 bits per heavy atom. The number of nitrogens with zero attached hydrogens (tertiary/aromatic N) is 5. The second-order valence-electron chi connectivity index (χ2n) is 4.68. The summed E-state index contributed by atoms with van der Waals surface area (Å²) in [6.45, 7) is 6.78. The maximum atomic E-state index is 10.7. The molecule has 0 saturated carbocycles. The Labute approximate surface area is 124 Å². The summed E-state index contributed by atoms with van der Waals surface area (Å²) in [5.74, 6) is 0.205. The average molecular weight is 313 g/mol. The van der Waals surface area contributed by atoms with Crippen molar-refractivity contribution < 1.29 is 9.90 Å². The molecular formula is C11H15N5O2S2. The van der Waals surface area contributed by atoms with Crippen molar-refractivity contribution in [2.75, 3.05) is 5.75 Å². The van der Waals surface area contributed by atoms with Crippen molar-refractivity contribution in [1.82, 2.24) is 24.4 Å². The van der Waals surface area contributed by atoms with E-state index in [9.17, 15) is 4.79 Å². The highest BCUT2D eigenvalue weighted by atomic mass is 32.2. The molecule has 0 atom stereocenters. The van der Waals surface area contributed by atoms with Crippen LogP contribution >= 0.6 is 23.3 Å². The number of carbonyl (C=O) groups is 1. The second kappa shape index (κ2) is 6.31. The molecule has 0 saturated heterocycles. The van der Waals surface area contributed by atoms with Gasteiger partial charge in [0.25, 0.3) is 0 Å². The summed E-state index contributed by atoms with van der Waals surface area (Å²) in [6.07, 6.45) is 0. The van der Waals surface area contributed by atoms with Crippen LogP contribution in [0, 0.1) is 12.8 Å². The summed E-state index contributed by atoms with van der Waals surface area (Å²) in [7, 11) is 0. The molecule has 0 aliphatic carbocycles. The van der Waals surface area contributed by atoms with Crippen LogP contribution in [0.2, 0.25) is 0 Å². The highest BCUT2D eigenvalue weighted by Crippen LogP contribution is 2.28. The molecule has 7 nitrogen and oxygen atoms in total. The molecular weight excluding hydrogens is 298 g/mol. The molecule has 2 aromatic rings. The van der Waals surface area contributed by atoms with Gasteiger partial charge in [-0.15, -0.1) is 15.3 Å². The predicted molar refractivity (Wildman–Crippen MR) is 76.9 cm³/mol. The van der Waals surface area contributed by atoms with Crippen molar-refractivity contribution in [2.45, 2.75) is 32.5 Å². The average Bonchev–Trinajstić information content (AvgIpc) is 2.92. The summed E-state index contributed by atoms with van der Waals surface area (Å²) >= 11 is 2.45. The first-order valence-electron chi connectivity index (χ1n) is 6.06. The molecule has 9 heteroatoms. The van der Waals surface area contributed by atoms with E-state index in [1.54, 1.807) is 0 Å². The minimum absolute atomic E-state index is 0.0316. The zero-order valence-electron chi connectivity index (χ0n) is 11.4. The molecule has 2 heterocycles. The van der Waals surface area contributed by atoms with Gasteiger partial charge in [-0.1, -0.05) is 30.1 Å². The highest BCUT2D eigenvalue weighted by Gasteiger charge is 2.19. The molecule has 2 aromatic heterocycles. The van der Waals surface area contributed by atoms with Crippen LogP contribution in [0.4, 0.5) is 0 Å². The number of aromatic nitrogens is 5. The molecule has 0 fully saturated rings. The van der Waals surface area contributed by atoms with Gasteiger partial charge in [0.2, 0.25) is 0 Å². The van der Waals surface area contributed by atoms with Crippen LogP contribution in [-0.4, -0.2) is 41.2 Å². The first kappa shape index (κ1) is 14.9. The SMILES string of the molecule is Cc1nnsc1-c1nnc(SCC(=O)O)n1CC(C)C. The molecule has 0 unspecified atom stereocenters. The van der Waals surface area contributed by atoms with Crippen LogP contribution in [0.15, 0.2) is 5.16 Å². The lowest BCUT2D eigenvalue weighted by Gasteiger charge is -2.11. The zero-order chi connectivity index (χ0) is 14.7. The predicted octanol–water partition coefficient (Wildman–Crippen LogP) is 1.94. The third kappa shape index (κ3) is 3.34. The molecule has 0 radical (unpaired) electrons. The molecule has 0 aliphatic heterocycles. The normalized spacial score (nSPS) is 11.2. The quantitative estimate of drug-likeness (QED) is 0.814. The number of carboxylic acid groups (broad SMARTS) is 1. The van der Waals surface area contributed by atoms with Crippen molar-refractivity contribution >= 4 is 29.3 Å². The van der Waals surface area contributed by atoms with Crippen molar-refractivity contribution in [1.29, 1.82) is 0 Å². The van der Waals surface area contributed by atoms with Gasteiger partial charge < -0.3 is 9.67 Å². The fourth-order valence-electron chi connectivity index (χ4n) is 1.66. The van der Waals surface area contributed by atoms with Gasteiger partial charge in [0.15, 0.2) is 11.0 Å². The van der Waals surface area contributed by atoms with Gasteiger partial charge in [-0.2, -0.15) is 0 Å². The molecule has 108 valence electrons. The van der Waals surface area contributed by atoms with Gasteiger partial charge in [0.05, 0.1) is 11.4 Å². The summed E-state index contributed by atoms with van der Waals surface area (Å²) in [5.41, 5.74) is 0.808. The van der Waals surface area contributed by atoms with Crippen molar-refractivity contribution in [3.05, 3.63) is 5.69 Å². The summed E-state index contributed by atoms with van der Waals surface area (Å²) in [6, 6.07) is 0. The van der Waals surface area contributed by atoms with Crippen LogP contribution in [0.1, 0.15) is 19.5 Å². The van der Waals surface area contributed by atoms with Crippen molar-refractivity contribution in [2.24, 2.45) is 5.92 Å². The van der Waals surface area contributed by atoms with E-state index in [0.717, 1.165) is 17.1 Å². The third-order valence-electron chi connectivity index (χ3n) is 2.44. The molecule has 0 aromatic carbocycles. The lowest BCUT2D eigenvalue weighted by Crippen LogP contribution is -2.09. The number of aryl methyl sites for hydroxylation is 1. The maximum Gasteiger partial charge on any atom is 0.313 e. The number of hydrogen-bond donors (Lipinski definition) is 1. The van der Waals surface area contributed by atoms with Crippen molar-refractivity contribution in [3.8, 4) is 10.7 Å². The van der Waals surface area contributed by atoms with Gasteiger partial charge in [-0.3, -0.25) is 4.79 Å². The number of hydrogen-bond acceptors (Lipinski definition) is 7. The Kier molecular flexibility index (Phi) is 4.71. The smallest absolute Gasteiger partial charge is 0.313 e. The van der Waals surface area contributed by atoms with E-state index in [1.807, 2.05) is 11.5 Å². The molecule has 0 spiro atoms. The highest BCUT2D eigenvalue weighted by molar-refractivity contribution is 7.99. The fraction of sp³-hybridized carbons (Fsp3) is 0.545. The van der Waals surface area contributed by atoms with Crippen LogP contribution in [0.25, 0.3) is 10.7 Å². The minimum atomic E-state index is -0.869. The van der Waals surface area contributed by atoms with E-state index >= 15 is 0 Å². The Bertz CT molecular complexity index is 608. The minimum Gasteiger partial charge on any atom is -0.481 e. The number of rotatable bonds is 6. The standard InChI is InChI=1S/C11H15N5O2S2/c1-6(2)4-16-10(9-7(3)12-15-20-9)13-14-11(16)19-5-8(17)18/h6H,4-5H2,1-3H3,(H,17,18). The summed E-state index contributed by atoms with van der Waals surface area (Å²) in [5, 5.41) is 21.7. The topological polar surface area (TPSA) is 93.8 Å². The van der Waals surface area contributed by atoms with E-state index in [2.05, 4.69) is 33.6 Å². The largest absolute Gasteiger partial charge is 0.481 e. The Morgan fingerprint density at radius 3 is 2.70 bits per heavy atom. The van der Waals surface area contributed by atoms with Gasteiger partial charge in [-0.05, 0) is 24.4 Å². The van der Waals surface area contributed by atoms with Crippen LogP contribution < -0.4 is 0 Å². The Hall–Kier alpha value is -1.48. The fourth-order valence-corrected chi connectivity index (χ4v) is 2.97. The summed E-state index contributed by atoms with van der Waals surface area (Å²) in [4.78, 5) is 11.6. The molecule has 0 aliphatic rings. The van der Waals surface area contributed by atoms with Crippen LogP contribution in [0.3, 0.4) is 0 Å². The zero-order valence-corrected chi connectivity index (χ0v) is 13.0. The Balaban J connectivity index is 2.37. The number of aliphatic carboxylic acids is 1. The van der Waals surface area contributed by atoms with E-state index in [0.29, 0.717) is 16.9 Å². The monoisotopic (exact) mass is 313 g/mol. The lowest BCUT2D eigenvalue weighted by molar-refractivity contribution is -0.133. The molecule has 1 N–H and O–H groups in total.